The number of hydrogen-bond donors (Lipinski definition) is 1. The standard InChI is InChI=1S/C13H14N4O4/c1-2-21-12(18)9-3-4-10(17(19)20)11(16-9)15-8-13(7-14)5-6-13/h3-4H,2,5-6,8H2,1H3,(H,15,16). The van der Waals surface area contributed by atoms with Gasteiger partial charge in [0, 0.05) is 12.6 Å². The molecule has 1 aliphatic carbocycles. The first-order valence-corrected chi connectivity index (χ1v) is 6.49. The van der Waals surface area contributed by atoms with E-state index in [0.717, 1.165) is 12.8 Å². The SMILES string of the molecule is CCOC(=O)c1ccc([N+](=O)[O-])c(NCC2(C#N)CC2)n1. The number of nitro groups is 1. The van der Waals surface area contributed by atoms with Crippen molar-refractivity contribution in [2.75, 3.05) is 18.5 Å². The predicted molar refractivity (Wildman–Crippen MR) is 72.6 cm³/mol. The van der Waals surface area contributed by atoms with Gasteiger partial charge in [0.2, 0.25) is 5.82 Å². The van der Waals surface area contributed by atoms with Crippen molar-refractivity contribution >= 4 is 17.5 Å². The van der Waals surface area contributed by atoms with Crippen molar-refractivity contribution in [2.24, 2.45) is 5.41 Å². The van der Waals surface area contributed by atoms with Crippen molar-refractivity contribution in [3.63, 3.8) is 0 Å². The molecule has 1 heterocycles. The fourth-order valence-electron chi connectivity index (χ4n) is 1.78. The fourth-order valence-corrected chi connectivity index (χ4v) is 1.78. The molecule has 1 saturated carbocycles. The van der Waals surface area contributed by atoms with Crippen LogP contribution in [0.3, 0.4) is 0 Å². The minimum absolute atomic E-state index is 0.00763. The Bertz CT molecular complexity index is 619. The number of hydrogen-bond acceptors (Lipinski definition) is 7. The molecule has 0 amide bonds. The number of pyridine rings is 1. The van der Waals surface area contributed by atoms with Crippen LogP contribution in [0.25, 0.3) is 0 Å². The fraction of sp³-hybridized carbons (Fsp3) is 0.462. The summed E-state index contributed by atoms with van der Waals surface area (Å²) >= 11 is 0. The van der Waals surface area contributed by atoms with Gasteiger partial charge in [0.15, 0.2) is 5.69 Å². The Balaban J connectivity index is 2.23. The Kier molecular flexibility index (Phi) is 4.03. The molecule has 0 aromatic carbocycles. The maximum Gasteiger partial charge on any atom is 0.357 e. The summed E-state index contributed by atoms with van der Waals surface area (Å²) in [6.45, 7) is 2.12. The van der Waals surface area contributed by atoms with Gasteiger partial charge >= 0.3 is 11.7 Å². The molecule has 8 heteroatoms. The maximum atomic E-state index is 11.6. The normalized spacial score (nSPS) is 14.9. The van der Waals surface area contributed by atoms with E-state index < -0.39 is 16.3 Å². The number of anilines is 1. The van der Waals surface area contributed by atoms with Crippen LogP contribution in [0, 0.1) is 26.9 Å². The van der Waals surface area contributed by atoms with Gasteiger partial charge in [0.05, 0.1) is 23.0 Å². The molecule has 8 nitrogen and oxygen atoms in total. The third kappa shape index (κ3) is 3.25. The van der Waals surface area contributed by atoms with Crippen molar-refractivity contribution in [1.82, 2.24) is 4.98 Å². The Morgan fingerprint density at radius 3 is 2.86 bits per heavy atom. The number of aromatic nitrogens is 1. The van der Waals surface area contributed by atoms with E-state index in [1.165, 1.54) is 12.1 Å². The Morgan fingerprint density at radius 2 is 2.33 bits per heavy atom. The van der Waals surface area contributed by atoms with Gasteiger partial charge in [-0.3, -0.25) is 10.1 Å². The van der Waals surface area contributed by atoms with Crippen molar-refractivity contribution in [3.8, 4) is 6.07 Å². The second-order valence-corrected chi connectivity index (χ2v) is 4.79. The van der Waals surface area contributed by atoms with E-state index in [9.17, 15) is 14.9 Å². The lowest BCUT2D eigenvalue weighted by molar-refractivity contribution is -0.384. The monoisotopic (exact) mass is 290 g/mol. The van der Waals surface area contributed by atoms with Crippen LogP contribution in [0.4, 0.5) is 11.5 Å². The molecular weight excluding hydrogens is 276 g/mol. The van der Waals surface area contributed by atoms with E-state index in [2.05, 4.69) is 16.4 Å². The van der Waals surface area contributed by atoms with Crippen LogP contribution in [-0.2, 0) is 4.74 Å². The van der Waals surface area contributed by atoms with Gasteiger partial charge < -0.3 is 10.1 Å². The van der Waals surface area contributed by atoms with Crippen molar-refractivity contribution in [2.45, 2.75) is 19.8 Å². The van der Waals surface area contributed by atoms with Crippen LogP contribution in [0.2, 0.25) is 0 Å². The molecule has 1 aromatic heterocycles. The zero-order valence-corrected chi connectivity index (χ0v) is 11.5. The molecule has 1 aromatic rings. The lowest BCUT2D eigenvalue weighted by Crippen LogP contribution is -2.17. The zero-order chi connectivity index (χ0) is 15.5. The van der Waals surface area contributed by atoms with Crippen molar-refractivity contribution in [3.05, 3.63) is 27.9 Å². The number of carbonyl (C=O) groups is 1. The molecule has 110 valence electrons. The lowest BCUT2D eigenvalue weighted by atomic mass is 10.1. The van der Waals surface area contributed by atoms with Gasteiger partial charge in [-0.05, 0) is 25.8 Å². The van der Waals surface area contributed by atoms with E-state index >= 15 is 0 Å². The number of carbonyl (C=O) groups excluding carboxylic acids is 1. The molecule has 0 unspecified atom stereocenters. The largest absolute Gasteiger partial charge is 0.461 e. The lowest BCUT2D eigenvalue weighted by Gasteiger charge is -2.10. The highest BCUT2D eigenvalue weighted by molar-refractivity contribution is 5.88. The molecule has 0 saturated heterocycles. The van der Waals surface area contributed by atoms with E-state index in [-0.39, 0.29) is 30.4 Å². The van der Waals surface area contributed by atoms with Crippen LogP contribution in [-0.4, -0.2) is 29.0 Å². The summed E-state index contributed by atoms with van der Waals surface area (Å²) in [4.78, 5) is 25.9. The van der Waals surface area contributed by atoms with E-state index in [0.29, 0.717) is 0 Å². The van der Waals surface area contributed by atoms with Gasteiger partial charge in [0.1, 0.15) is 0 Å². The quantitative estimate of drug-likeness (QED) is 0.482. The maximum absolute atomic E-state index is 11.6. The number of ether oxygens (including phenoxy) is 1. The molecule has 1 N–H and O–H groups in total. The molecule has 2 rings (SSSR count). The molecule has 0 atom stereocenters. The second-order valence-electron chi connectivity index (χ2n) is 4.79. The Labute approximate surface area is 120 Å². The summed E-state index contributed by atoms with van der Waals surface area (Å²) in [5, 5.41) is 22.8. The smallest absolute Gasteiger partial charge is 0.357 e. The summed E-state index contributed by atoms with van der Waals surface area (Å²) in [6, 6.07) is 4.63. The molecule has 0 aliphatic heterocycles. The molecule has 1 fully saturated rings. The van der Waals surface area contributed by atoms with Crippen LogP contribution >= 0.6 is 0 Å². The number of rotatable bonds is 6. The van der Waals surface area contributed by atoms with Crippen molar-refractivity contribution in [1.29, 1.82) is 5.26 Å². The summed E-state index contributed by atoms with van der Waals surface area (Å²) in [7, 11) is 0. The molecular formula is C13H14N4O4. The first-order chi connectivity index (χ1) is 10.0. The highest BCUT2D eigenvalue weighted by Gasteiger charge is 2.43. The number of esters is 1. The molecule has 1 aliphatic rings. The van der Waals surface area contributed by atoms with Gasteiger partial charge in [0.25, 0.3) is 0 Å². The first kappa shape index (κ1) is 14.7. The Morgan fingerprint density at radius 1 is 1.62 bits per heavy atom. The van der Waals surface area contributed by atoms with Gasteiger partial charge in [-0.25, -0.2) is 9.78 Å². The van der Waals surface area contributed by atoms with Crippen LogP contribution in [0.5, 0.6) is 0 Å². The number of nitrogens with one attached hydrogen (secondary N) is 1. The number of nitriles is 1. The average molecular weight is 290 g/mol. The summed E-state index contributed by atoms with van der Waals surface area (Å²) in [5.41, 5.74) is -0.723. The first-order valence-electron chi connectivity index (χ1n) is 6.49. The minimum atomic E-state index is -0.642. The zero-order valence-electron chi connectivity index (χ0n) is 11.5. The summed E-state index contributed by atoms with van der Waals surface area (Å²) < 4.78 is 4.81. The van der Waals surface area contributed by atoms with E-state index in [1.807, 2.05) is 0 Å². The van der Waals surface area contributed by atoms with Crippen LogP contribution in [0.1, 0.15) is 30.3 Å². The van der Waals surface area contributed by atoms with Crippen LogP contribution < -0.4 is 5.32 Å². The van der Waals surface area contributed by atoms with E-state index in [4.69, 9.17) is 10.00 Å². The summed E-state index contributed by atoms with van der Waals surface area (Å²) in [5.74, 6) is -0.663. The second kappa shape index (κ2) is 5.75. The van der Waals surface area contributed by atoms with Crippen molar-refractivity contribution < 1.29 is 14.5 Å². The topological polar surface area (TPSA) is 118 Å². The highest BCUT2D eigenvalue weighted by Crippen LogP contribution is 2.45. The molecule has 0 bridgehead atoms. The van der Waals surface area contributed by atoms with Gasteiger partial charge in [-0.1, -0.05) is 0 Å². The highest BCUT2D eigenvalue weighted by atomic mass is 16.6. The van der Waals surface area contributed by atoms with Gasteiger partial charge in [-0.15, -0.1) is 0 Å². The van der Waals surface area contributed by atoms with Crippen LogP contribution in [0.15, 0.2) is 12.1 Å². The van der Waals surface area contributed by atoms with E-state index in [1.54, 1.807) is 6.92 Å². The predicted octanol–water partition coefficient (Wildman–Crippen LogP) is 1.88. The minimum Gasteiger partial charge on any atom is -0.461 e. The average Bonchev–Trinajstić information content (AvgIpc) is 3.25. The molecule has 0 radical (unpaired) electrons. The molecule has 0 spiro atoms. The summed E-state index contributed by atoms with van der Waals surface area (Å²) in [6.07, 6.45) is 1.50. The Hall–Kier alpha value is -2.69. The third-order valence-corrected chi connectivity index (χ3v) is 3.24. The number of nitrogens with zero attached hydrogens (tertiary/aromatic N) is 3. The molecule has 21 heavy (non-hydrogen) atoms. The third-order valence-electron chi connectivity index (χ3n) is 3.24. The van der Waals surface area contributed by atoms with Gasteiger partial charge in [-0.2, -0.15) is 5.26 Å².